The highest BCUT2D eigenvalue weighted by Gasteiger charge is 2.36. The SMILES string of the molecule is CC[Si](CC)(CC)OC(CC(=O)OCC(C)C)C(=O)OCC(C)C. The van der Waals surface area contributed by atoms with Crippen molar-refractivity contribution in [3.05, 3.63) is 0 Å². The first-order valence-corrected chi connectivity index (χ1v) is 11.7. The van der Waals surface area contributed by atoms with Crippen LogP contribution in [-0.4, -0.2) is 39.6 Å². The van der Waals surface area contributed by atoms with Crippen molar-refractivity contribution in [1.82, 2.24) is 0 Å². The molecular formula is C18H36O5Si. The lowest BCUT2D eigenvalue weighted by Gasteiger charge is -2.32. The van der Waals surface area contributed by atoms with E-state index in [-0.39, 0.29) is 18.3 Å². The Balaban J connectivity index is 5.00. The van der Waals surface area contributed by atoms with Crippen molar-refractivity contribution in [2.75, 3.05) is 13.2 Å². The molecule has 0 rings (SSSR count). The Morgan fingerprint density at radius 2 is 1.29 bits per heavy atom. The summed E-state index contributed by atoms with van der Waals surface area (Å²) in [6, 6.07) is 2.74. The Morgan fingerprint density at radius 1 is 0.833 bits per heavy atom. The molecule has 0 spiro atoms. The number of ether oxygens (including phenoxy) is 2. The number of esters is 2. The van der Waals surface area contributed by atoms with Gasteiger partial charge < -0.3 is 13.9 Å². The van der Waals surface area contributed by atoms with Crippen molar-refractivity contribution >= 4 is 20.3 Å². The van der Waals surface area contributed by atoms with E-state index in [1.54, 1.807) is 0 Å². The quantitative estimate of drug-likeness (QED) is 0.386. The van der Waals surface area contributed by atoms with Crippen LogP contribution in [0.15, 0.2) is 0 Å². The second kappa shape index (κ2) is 11.6. The van der Waals surface area contributed by atoms with E-state index in [1.807, 2.05) is 27.7 Å². The average molecular weight is 361 g/mol. The maximum Gasteiger partial charge on any atom is 0.334 e. The third-order valence-corrected chi connectivity index (χ3v) is 8.73. The lowest BCUT2D eigenvalue weighted by Crippen LogP contribution is -2.44. The van der Waals surface area contributed by atoms with Crippen LogP contribution in [0.5, 0.6) is 0 Å². The van der Waals surface area contributed by atoms with Crippen molar-refractivity contribution in [3.8, 4) is 0 Å². The maximum absolute atomic E-state index is 12.4. The molecule has 142 valence electrons. The van der Waals surface area contributed by atoms with Gasteiger partial charge in [0.15, 0.2) is 14.4 Å². The molecule has 1 unspecified atom stereocenters. The number of hydrogen-bond donors (Lipinski definition) is 0. The molecule has 0 fully saturated rings. The topological polar surface area (TPSA) is 61.8 Å². The molecule has 0 saturated carbocycles. The van der Waals surface area contributed by atoms with E-state index in [1.165, 1.54) is 0 Å². The molecule has 0 aromatic carbocycles. The van der Waals surface area contributed by atoms with Gasteiger partial charge >= 0.3 is 11.9 Å². The van der Waals surface area contributed by atoms with E-state index in [0.717, 1.165) is 18.1 Å². The Bertz CT molecular complexity index is 369. The summed E-state index contributed by atoms with van der Waals surface area (Å²) < 4.78 is 16.8. The van der Waals surface area contributed by atoms with E-state index in [2.05, 4.69) is 20.8 Å². The van der Waals surface area contributed by atoms with E-state index in [4.69, 9.17) is 13.9 Å². The van der Waals surface area contributed by atoms with Crippen molar-refractivity contribution in [2.45, 2.75) is 79.1 Å². The number of rotatable bonds is 12. The smallest absolute Gasteiger partial charge is 0.334 e. The maximum atomic E-state index is 12.4. The van der Waals surface area contributed by atoms with Gasteiger partial charge in [-0.2, -0.15) is 0 Å². The highest BCUT2D eigenvalue weighted by atomic mass is 28.4. The van der Waals surface area contributed by atoms with Crippen LogP contribution >= 0.6 is 0 Å². The molecule has 0 aliphatic rings. The van der Waals surface area contributed by atoms with Gasteiger partial charge in [-0.05, 0) is 30.0 Å². The summed E-state index contributed by atoms with van der Waals surface area (Å²) >= 11 is 0. The molecular weight excluding hydrogens is 324 g/mol. The summed E-state index contributed by atoms with van der Waals surface area (Å²) in [5.74, 6) is -0.344. The highest BCUT2D eigenvalue weighted by molar-refractivity contribution is 6.73. The average Bonchev–Trinajstić information content (AvgIpc) is 2.54. The zero-order valence-corrected chi connectivity index (χ0v) is 17.5. The minimum atomic E-state index is -2.02. The first-order chi connectivity index (χ1) is 11.2. The summed E-state index contributed by atoms with van der Waals surface area (Å²) in [6.45, 7) is 14.9. The molecule has 0 heterocycles. The summed E-state index contributed by atoms with van der Waals surface area (Å²) in [7, 11) is -2.02. The molecule has 0 aromatic heterocycles. The first kappa shape index (κ1) is 23.1. The van der Waals surface area contributed by atoms with Crippen molar-refractivity contribution in [3.63, 3.8) is 0 Å². The van der Waals surface area contributed by atoms with Gasteiger partial charge in [0.1, 0.15) is 0 Å². The van der Waals surface area contributed by atoms with Crippen LogP contribution in [0.2, 0.25) is 18.1 Å². The fourth-order valence-corrected chi connectivity index (χ4v) is 5.07. The van der Waals surface area contributed by atoms with Gasteiger partial charge in [0, 0.05) is 0 Å². The fraction of sp³-hybridized carbons (Fsp3) is 0.889. The second-order valence-corrected chi connectivity index (χ2v) is 11.9. The summed E-state index contributed by atoms with van der Waals surface area (Å²) in [5, 5.41) is 0. The third-order valence-electron chi connectivity index (χ3n) is 4.08. The molecule has 1 atom stereocenters. The predicted octanol–water partition coefficient (Wildman–Crippen LogP) is 4.17. The van der Waals surface area contributed by atoms with Crippen LogP contribution < -0.4 is 0 Å². The third kappa shape index (κ3) is 8.83. The molecule has 24 heavy (non-hydrogen) atoms. The summed E-state index contributed by atoms with van der Waals surface area (Å²) in [6.07, 6.45) is -0.923. The highest BCUT2D eigenvalue weighted by Crippen LogP contribution is 2.25. The Morgan fingerprint density at radius 3 is 1.71 bits per heavy atom. The standard InChI is InChI=1S/C18H36O5Si/c1-8-24(9-2,10-3)23-16(18(20)22-13-15(6)7)11-17(19)21-12-14(4)5/h14-16H,8-13H2,1-7H3. The second-order valence-electron chi connectivity index (χ2n) is 7.16. The van der Waals surface area contributed by atoms with Gasteiger partial charge in [0.25, 0.3) is 0 Å². The van der Waals surface area contributed by atoms with Crippen molar-refractivity contribution in [2.24, 2.45) is 11.8 Å². The minimum absolute atomic E-state index is 0.0710. The van der Waals surface area contributed by atoms with Gasteiger partial charge in [-0.1, -0.05) is 48.5 Å². The molecule has 0 aliphatic carbocycles. The fourth-order valence-electron chi connectivity index (χ4n) is 2.29. The normalized spacial score (nSPS) is 13.2. The van der Waals surface area contributed by atoms with Crippen LogP contribution in [0.4, 0.5) is 0 Å². The first-order valence-electron chi connectivity index (χ1n) is 9.19. The van der Waals surface area contributed by atoms with Gasteiger partial charge in [-0.15, -0.1) is 0 Å². The summed E-state index contributed by atoms with van der Waals surface area (Å²) in [5.41, 5.74) is 0. The molecule has 0 bridgehead atoms. The number of carbonyl (C=O) groups is 2. The molecule has 0 amide bonds. The Kier molecular flexibility index (Phi) is 11.2. The van der Waals surface area contributed by atoms with Crippen molar-refractivity contribution < 1.29 is 23.5 Å². The van der Waals surface area contributed by atoms with Crippen LogP contribution in [0, 0.1) is 11.8 Å². The van der Waals surface area contributed by atoms with Crippen LogP contribution in [-0.2, 0) is 23.5 Å². The number of carbonyl (C=O) groups excluding carboxylic acids is 2. The molecule has 0 aromatic rings. The van der Waals surface area contributed by atoms with E-state index < -0.39 is 26.4 Å². The van der Waals surface area contributed by atoms with Gasteiger partial charge in [0.05, 0.1) is 19.6 Å². The lowest BCUT2D eigenvalue weighted by molar-refractivity contribution is -0.160. The molecule has 0 N–H and O–H groups in total. The van der Waals surface area contributed by atoms with Crippen LogP contribution in [0.25, 0.3) is 0 Å². The predicted molar refractivity (Wildman–Crippen MR) is 98.3 cm³/mol. The molecule has 6 heteroatoms. The molecule has 0 radical (unpaired) electrons. The number of hydrogen-bond acceptors (Lipinski definition) is 5. The van der Waals surface area contributed by atoms with Gasteiger partial charge in [0.2, 0.25) is 0 Å². The van der Waals surface area contributed by atoms with E-state index in [0.29, 0.717) is 13.2 Å². The van der Waals surface area contributed by atoms with Gasteiger partial charge in [-0.25, -0.2) is 4.79 Å². The van der Waals surface area contributed by atoms with Gasteiger partial charge in [-0.3, -0.25) is 4.79 Å². The van der Waals surface area contributed by atoms with Crippen LogP contribution in [0.3, 0.4) is 0 Å². The molecule has 5 nitrogen and oxygen atoms in total. The molecule has 0 saturated heterocycles. The van der Waals surface area contributed by atoms with Crippen LogP contribution in [0.1, 0.15) is 54.9 Å². The lowest BCUT2D eigenvalue weighted by atomic mass is 10.2. The van der Waals surface area contributed by atoms with Crippen molar-refractivity contribution in [1.29, 1.82) is 0 Å². The summed E-state index contributed by atoms with van der Waals surface area (Å²) in [4.78, 5) is 24.5. The largest absolute Gasteiger partial charge is 0.465 e. The van der Waals surface area contributed by atoms with E-state index >= 15 is 0 Å². The Hall–Kier alpha value is -0.883. The van der Waals surface area contributed by atoms with E-state index in [9.17, 15) is 9.59 Å². The molecule has 0 aliphatic heterocycles. The Labute approximate surface area is 148 Å². The monoisotopic (exact) mass is 360 g/mol. The zero-order valence-electron chi connectivity index (χ0n) is 16.5. The zero-order chi connectivity index (χ0) is 18.8. The minimum Gasteiger partial charge on any atom is -0.465 e.